The van der Waals surface area contributed by atoms with Gasteiger partial charge in [-0.2, -0.15) is 13.2 Å². The molecule has 0 bridgehead atoms. The molecule has 0 aliphatic carbocycles. The lowest BCUT2D eigenvalue weighted by Gasteiger charge is -2.24. The summed E-state index contributed by atoms with van der Waals surface area (Å²) in [6, 6.07) is 9.70. The Hall–Kier alpha value is -2.61. The SMILES string of the molecule is COc1ccc(C(C)N(C)CC(=O)NCc2ccc(F)cc2C(F)(F)F)cc1. The first-order valence-electron chi connectivity index (χ1n) is 8.58. The van der Waals surface area contributed by atoms with Crippen LogP contribution in [0.4, 0.5) is 17.6 Å². The number of nitrogens with zero attached hydrogens (tertiary/aromatic N) is 1. The summed E-state index contributed by atoms with van der Waals surface area (Å²) in [5.41, 5.74) is -0.310. The van der Waals surface area contributed by atoms with Crippen molar-refractivity contribution in [3.05, 3.63) is 65.0 Å². The Morgan fingerprint density at radius 2 is 1.82 bits per heavy atom. The summed E-state index contributed by atoms with van der Waals surface area (Å²) in [5.74, 6) is -0.688. The van der Waals surface area contributed by atoms with E-state index in [4.69, 9.17) is 4.74 Å². The lowest BCUT2D eigenvalue weighted by Crippen LogP contribution is -2.36. The number of benzene rings is 2. The zero-order valence-electron chi connectivity index (χ0n) is 15.8. The molecule has 0 heterocycles. The Balaban J connectivity index is 1.96. The number of halogens is 4. The molecule has 0 radical (unpaired) electrons. The fourth-order valence-electron chi connectivity index (χ4n) is 2.72. The van der Waals surface area contributed by atoms with Gasteiger partial charge < -0.3 is 10.1 Å². The molecule has 1 atom stereocenters. The van der Waals surface area contributed by atoms with Crippen molar-refractivity contribution in [3.8, 4) is 5.75 Å². The summed E-state index contributed by atoms with van der Waals surface area (Å²) >= 11 is 0. The number of amides is 1. The number of nitrogens with one attached hydrogen (secondary N) is 1. The van der Waals surface area contributed by atoms with Gasteiger partial charge in [0, 0.05) is 12.6 Å². The van der Waals surface area contributed by atoms with Gasteiger partial charge in [-0.25, -0.2) is 4.39 Å². The third kappa shape index (κ3) is 5.69. The van der Waals surface area contributed by atoms with E-state index in [9.17, 15) is 22.4 Å². The lowest BCUT2D eigenvalue weighted by atomic mass is 10.1. The highest BCUT2D eigenvalue weighted by atomic mass is 19.4. The molecule has 2 aromatic carbocycles. The summed E-state index contributed by atoms with van der Waals surface area (Å²) in [6.45, 7) is 1.57. The van der Waals surface area contributed by atoms with Crippen molar-refractivity contribution in [1.82, 2.24) is 10.2 Å². The van der Waals surface area contributed by atoms with Crippen LogP contribution in [0.1, 0.15) is 29.7 Å². The number of likely N-dealkylation sites (N-methyl/N-ethyl adjacent to an activating group) is 1. The molecular weight excluding hydrogens is 376 g/mol. The van der Waals surface area contributed by atoms with Crippen LogP contribution in [-0.4, -0.2) is 31.5 Å². The van der Waals surface area contributed by atoms with E-state index in [2.05, 4.69) is 5.32 Å². The number of methoxy groups -OCH3 is 1. The number of ether oxygens (including phenoxy) is 1. The standard InChI is InChI=1S/C20H22F4N2O2/c1-13(14-5-8-17(28-3)9-6-14)26(2)12-19(27)25-11-15-4-7-16(21)10-18(15)20(22,23)24/h4-10,13H,11-12H2,1-3H3,(H,25,27). The number of hydrogen-bond donors (Lipinski definition) is 1. The summed E-state index contributed by atoms with van der Waals surface area (Å²) in [5, 5.41) is 2.46. The normalized spacial score (nSPS) is 12.7. The van der Waals surface area contributed by atoms with Crippen molar-refractivity contribution in [3.63, 3.8) is 0 Å². The maximum Gasteiger partial charge on any atom is 0.416 e. The monoisotopic (exact) mass is 398 g/mol. The smallest absolute Gasteiger partial charge is 0.416 e. The minimum atomic E-state index is -4.69. The van der Waals surface area contributed by atoms with Crippen LogP contribution in [0.3, 0.4) is 0 Å². The van der Waals surface area contributed by atoms with Crippen molar-refractivity contribution < 1.29 is 27.1 Å². The first-order valence-corrected chi connectivity index (χ1v) is 8.58. The number of hydrogen-bond acceptors (Lipinski definition) is 3. The minimum Gasteiger partial charge on any atom is -0.497 e. The van der Waals surface area contributed by atoms with Crippen molar-refractivity contribution in [2.45, 2.75) is 25.7 Å². The molecule has 1 N–H and O–H groups in total. The molecule has 0 aliphatic rings. The molecule has 1 unspecified atom stereocenters. The van der Waals surface area contributed by atoms with Crippen LogP contribution in [0.25, 0.3) is 0 Å². The third-order valence-corrected chi connectivity index (χ3v) is 4.51. The van der Waals surface area contributed by atoms with Crippen LogP contribution < -0.4 is 10.1 Å². The molecule has 2 aromatic rings. The van der Waals surface area contributed by atoms with Gasteiger partial charge in [0.1, 0.15) is 11.6 Å². The number of alkyl halides is 3. The van der Waals surface area contributed by atoms with Crippen LogP contribution in [0, 0.1) is 5.82 Å². The average Bonchev–Trinajstić information content (AvgIpc) is 2.65. The zero-order chi connectivity index (χ0) is 20.9. The predicted molar refractivity (Wildman–Crippen MR) is 97.3 cm³/mol. The fraction of sp³-hybridized carbons (Fsp3) is 0.350. The van der Waals surface area contributed by atoms with Gasteiger partial charge in [-0.1, -0.05) is 18.2 Å². The first-order chi connectivity index (χ1) is 13.1. The molecule has 0 aromatic heterocycles. The van der Waals surface area contributed by atoms with Gasteiger partial charge >= 0.3 is 6.18 Å². The second-order valence-corrected chi connectivity index (χ2v) is 6.44. The Kier molecular flexibility index (Phi) is 7.01. The average molecular weight is 398 g/mol. The molecule has 0 saturated heterocycles. The Bertz CT molecular complexity index is 807. The Morgan fingerprint density at radius 1 is 1.18 bits per heavy atom. The third-order valence-electron chi connectivity index (χ3n) is 4.51. The van der Waals surface area contributed by atoms with E-state index in [1.165, 1.54) is 0 Å². The molecule has 0 aliphatic heterocycles. The van der Waals surface area contributed by atoms with Crippen LogP contribution in [0.15, 0.2) is 42.5 Å². The molecule has 152 valence electrons. The van der Waals surface area contributed by atoms with E-state index in [1.807, 2.05) is 31.2 Å². The molecule has 28 heavy (non-hydrogen) atoms. The van der Waals surface area contributed by atoms with Crippen LogP contribution in [0.5, 0.6) is 5.75 Å². The Morgan fingerprint density at radius 3 is 2.39 bits per heavy atom. The van der Waals surface area contributed by atoms with Crippen molar-refractivity contribution >= 4 is 5.91 Å². The molecule has 4 nitrogen and oxygen atoms in total. The van der Waals surface area contributed by atoms with E-state index < -0.39 is 23.5 Å². The maximum atomic E-state index is 13.1. The highest BCUT2D eigenvalue weighted by molar-refractivity contribution is 5.78. The van der Waals surface area contributed by atoms with Gasteiger partial charge in [-0.3, -0.25) is 9.69 Å². The van der Waals surface area contributed by atoms with E-state index >= 15 is 0 Å². The molecule has 8 heteroatoms. The fourth-order valence-corrected chi connectivity index (χ4v) is 2.72. The zero-order valence-corrected chi connectivity index (χ0v) is 15.8. The van der Waals surface area contributed by atoms with Crippen LogP contribution in [-0.2, 0) is 17.5 Å². The van der Waals surface area contributed by atoms with Gasteiger partial charge in [-0.05, 0) is 49.4 Å². The molecule has 1 amide bonds. The molecule has 0 saturated carbocycles. The number of carbonyl (C=O) groups is 1. The predicted octanol–water partition coefficient (Wildman–Crippen LogP) is 4.16. The van der Waals surface area contributed by atoms with Crippen molar-refractivity contribution in [1.29, 1.82) is 0 Å². The van der Waals surface area contributed by atoms with E-state index in [-0.39, 0.29) is 24.7 Å². The van der Waals surface area contributed by atoms with Crippen molar-refractivity contribution in [2.24, 2.45) is 0 Å². The Labute approximate surface area is 161 Å². The minimum absolute atomic E-state index is 0.00422. The number of carbonyl (C=O) groups excluding carboxylic acids is 1. The van der Waals surface area contributed by atoms with E-state index in [1.54, 1.807) is 19.1 Å². The summed E-state index contributed by atoms with van der Waals surface area (Å²) < 4.78 is 57.3. The second-order valence-electron chi connectivity index (χ2n) is 6.44. The summed E-state index contributed by atoms with van der Waals surface area (Å²) in [6.07, 6.45) is -4.69. The first kappa shape index (κ1) is 21.7. The van der Waals surface area contributed by atoms with Crippen LogP contribution in [0.2, 0.25) is 0 Å². The summed E-state index contributed by atoms with van der Waals surface area (Å²) in [4.78, 5) is 13.9. The van der Waals surface area contributed by atoms with Gasteiger partial charge in [0.15, 0.2) is 0 Å². The molecule has 2 rings (SSSR count). The van der Waals surface area contributed by atoms with Crippen molar-refractivity contribution in [2.75, 3.05) is 20.7 Å². The molecule has 0 spiro atoms. The van der Waals surface area contributed by atoms with Crippen LogP contribution >= 0.6 is 0 Å². The van der Waals surface area contributed by atoms with E-state index in [0.717, 1.165) is 23.4 Å². The maximum absolute atomic E-state index is 13.1. The highest BCUT2D eigenvalue weighted by Crippen LogP contribution is 2.32. The largest absolute Gasteiger partial charge is 0.497 e. The van der Waals surface area contributed by atoms with Gasteiger partial charge in [0.05, 0.1) is 19.2 Å². The summed E-state index contributed by atoms with van der Waals surface area (Å²) in [7, 11) is 3.31. The van der Waals surface area contributed by atoms with E-state index in [0.29, 0.717) is 6.07 Å². The van der Waals surface area contributed by atoms with Gasteiger partial charge in [0.2, 0.25) is 5.91 Å². The quantitative estimate of drug-likeness (QED) is 0.712. The topological polar surface area (TPSA) is 41.6 Å². The van der Waals surface area contributed by atoms with Gasteiger partial charge in [-0.15, -0.1) is 0 Å². The lowest BCUT2D eigenvalue weighted by molar-refractivity contribution is -0.138. The molecular formula is C20H22F4N2O2. The second kappa shape index (κ2) is 9.05. The molecule has 0 fully saturated rings. The van der Waals surface area contributed by atoms with Gasteiger partial charge in [0.25, 0.3) is 0 Å². The number of rotatable bonds is 7. The highest BCUT2D eigenvalue weighted by Gasteiger charge is 2.33.